The molecule has 44 heavy (non-hydrogen) atoms. The number of hydrogen-bond donors (Lipinski definition) is 2. The van der Waals surface area contributed by atoms with Crippen molar-refractivity contribution in [1.29, 1.82) is 0 Å². The number of esters is 1. The first-order chi connectivity index (χ1) is 21.6. The molecule has 0 radical (unpaired) electrons. The molecule has 2 N–H and O–H groups in total. The van der Waals surface area contributed by atoms with E-state index in [9.17, 15) is 14.4 Å². The number of hydrogen-bond acceptors (Lipinski definition) is 9. The van der Waals surface area contributed by atoms with Crippen LogP contribution >= 0.6 is 35.3 Å². The fourth-order valence-electron chi connectivity index (χ4n) is 4.97. The minimum atomic E-state index is -0.603. The van der Waals surface area contributed by atoms with Gasteiger partial charge in [-0.1, -0.05) is 103 Å². The third-order valence-electron chi connectivity index (χ3n) is 7.05. The molecule has 2 aliphatic rings. The highest BCUT2D eigenvalue weighted by molar-refractivity contribution is 8.06. The summed E-state index contributed by atoms with van der Waals surface area (Å²) in [6.45, 7) is 0. The summed E-state index contributed by atoms with van der Waals surface area (Å²) in [4.78, 5) is 41.4. The number of H-pyrrole nitrogens is 1. The molecule has 2 aliphatic heterocycles. The lowest BCUT2D eigenvalue weighted by molar-refractivity contribution is -0.151. The van der Waals surface area contributed by atoms with Gasteiger partial charge in [0.05, 0.1) is 18.0 Å². The highest BCUT2D eigenvalue weighted by Crippen LogP contribution is 2.44. The molecule has 9 nitrogen and oxygen atoms in total. The van der Waals surface area contributed by atoms with Gasteiger partial charge < -0.3 is 10.1 Å². The lowest BCUT2D eigenvalue weighted by Gasteiger charge is -2.48. The Labute approximate surface area is 267 Å². The lowest BCUT2D eigenvalue weighted by Crippen LogP contribution is -2.63. The van der Waals surface area contributed by atoms with Crippen molar-refractivity contribution in [3.05, 3.63) is 126 Å². The molecule has 6 rings (SSSR count). The molecule has 0 bridgehead atoms. The molecule has 0 spiro atoms. The first kappa shape index (κ1) is 30.0. The zero-order chi connectivity index (χ0) is 30.3. The quantitative estimate of drug-likeness (QED) is 0.0971. The van der Waals surface area contributed by atoms with Crippen LogP contribution < -0.4 is 5.32 Å². The largest absolute Gasteiger partial charge is 0.448 e. The molecule has 224 valence electrons. The van der Waals surface area contributed by atoms with Crippen LogP contribution in [0.1, 0.15) is 22.8 Å². The van der Waals surface area contributed by atoms with Crippen molar-refractivity contribution >= 4 is 53.1 Å². The van der Waals surface area contributed by atoms with Crippen LogP contribution in [0.3, 0.4) is 0 Å². The van der Waals surface area contributed by atoms with Gasteiger partial charge in [-0.2, -0.15) is 10.3 Å². The summed E-state index contributed by atoms with van der Waals surface area (Å²) in [5.41, 5.74) is 2.89. The Morgan fingerprint density at radius 3 is 2.30 bits per heavy atom. The molecule has 1 saturated heterocycles. The Kier molecular flexibility index (Phi) is 9.69. The van der Waals surface area contributed by atoms with Gasteiger partial charge in [-0.15, -0.1) is 28.6 Å². The Bertz CT molecular complexity index is 1570. The average molecular weight is 644 g/mol. The number of aromatic nitrogens is 3. The molecule has 4 aromatic rings. The highest BCUT2D eigenvalue weighted by atomic mass is 32.2. The summed E-state index contributed by atoms with van der Waals surface area (Å²) in [7, 11) is 0. The van der Waals surface area contributed by atoms with Crippen molar-refractivity contribution in [2.75, 3.05) is 11.5 Å². The Balaban J connectivity index is 1.10. The maximum Gasteiger partial charge on any atom is 0.355 e. The van der Waals surface area contributed by atoms with Gasteiger partial charge in [-0.25, -0.2) is 4.79 Å². The minimum Gasteiger partial charge on any atom is -0.448 e. The van der Waals surface area contributed by atoms with E-state index in [1.54, 1.807) is 28.9 Å². The summed E-state index contributed by atoms with van der Waals surface area (Å²) in [6.07, 6.45) is 3.01. The number of ether oxygens (including phenoxy) is 1. The van der Waals surface area contributed by atoms with Gasteiger partial charge in [-0.05, 0) is 22.8 Å². The van der Waals surface area contributed by atoms with E-state index < -0.39 is 12.1 Å². The molecule has 1 aromatic heterocycles. The maximum atomic E-state index is 13.5. The standard InChI is InChI=1S/C32H29N5O4S3/c38-25(18-21-10-4-1-5-11-21)34-27(44-26-19-33-36-35-26)20-43-29-30(39)37-24(16-17-42-31(29)37)32(40)41-28(22-12-6-2-7-13-22)23-14-8-3-9-15-23/h1-16,19,27-29,31H,17-18,20H2,(H,34,38)(H,33,35,36)/t27?,29-,31+/m1/s1. The van der Waals surface area contributed by atoms with Gasteiger partial charge >= 0.3 is 5.97 Å². The third-order valence-corrected chi connectivity index (χ3v) is 11.0. The third kappa shape index (κ3) is 7.03. The molecule has 3 aromatic carbocycles. The fourth-order valence-corrected chi connectivity index (χ4v) is 8.75. The van der Waals surface area contributed by atoms with E-state index in [-0.39, 0.29) is 39.9 Å². The van der Waals surface area contributed by atoms with E-state index in [1.807, 2.05) is 91.0 Å². The van der Waals surface area contributed by atoms with Crippen molar-refractivity contribution in [2.24, 2.45) is 0 Å². The second-order valence-corrected chi connectivity index (χ2v) is 13.6. The molecular formula is C32H29N5O4S3. The van der Waals surface area contributed by atoms with Crippen molar-refractivity contribution in [3.63, 3.8) is 0 Å². The molecule has 0 saturated carbocycles. The molecule has 12 heteroatoms. The normalized spacial score (nSPS) is 18.2. The van der Waals surface area contributed by atoms with Crippen LogP contribution in [0.4, 0.5) is 0 Å². The van der Waals surface area contributed by atoms with Crippen molar-refractivity contribution in [2.45, 2.75) is 33.5 Å². The maximum absolute atomic E-state index is 13.5. The first-order valence-corrected chi connectivity index (χ1v) is 17.0. The second-order valence-electron chi connectivity index (χ2n) is 10.0. The molecular weight excluding hydrogens is 615 g/mol. The van der Waals surface area contributed by atoms with Crippen LogP contribution in [0.5, 0.6) is 0 Å². The summed E-state index contributed by atoms with van der Waals surface area (Å²) >= 11 is 4.45. The predicted octanol–water partition coefficient (Wildman–Crippen LogP) is 4.82. The van der Waals surface area contributed by atoms with Crippen LogP contribution in [0, 0.1) is 0 Å². The molecule has 1 unspecified atom stereocenters. The van der Waals surface area contributed by atoms with E-state index in [1.165, 1.54) is 23.5 Å². The lowest BCUT2D eigenvalue weighted by atomic mass is 10.0. The first-order valence-electron chi connectivity index (χ1n) is 14.0. The van der Waals surface area contributed by atoms with Crippen LogP contribution in [0.15, 0.2) is 114 Å². The summed E-state index contributed by atoms with van der Waals surface area (Å²) in [5, 5.41) is 13.4. The zero-order valence-corrected chi connectivity index (χ0v) is 25.9. The number of nitrogens with zero attached hydrogens (tertiary/aromatic N) is 3. The van der Waals surface area contributed by atoms with E-state index in [2.05, 4.69) is 20.7 Å². The summed E-state index contributed by atoms with van der Waals surface area (Å²) in [6, 6.07) is 28.7. The van der Waals surface area contributed by atoms with Gasteiger partial charge in [-0.3, -0.25) is 14.5 Å². The van der Waals surface area contributed by atoms with Crippen LogP contribution in [0.25, 0.3) is 0 Å². The minimum absolute atomic E-state index is 0.120. The van der Waals surface area contributed by atoms with Crippen LogP contribution in [-0.2, 0) is 25.5 Å². The van der Waals surface area contributed by atoms with Crippen molar-refractivity contribution in [3.8, 4) is 0 Å². The summed E-state index contributed by atoms with van der Waals surface area (Å²) in [5.74, 6) is 0.255. The molecule has 0 aliphatic carbocycles. The zero-order valence-electron chi connectivity index (χ0n) is 23.4. The summed E-state index contributed by atoms with van der Waals surface area (Å²) < 4.78 is 6.06. The monoisotopic (exact) mass is 643 g/mol. The number of carbonyl (C=O) groups excluding carboxylic acids is 3. The molecule has 2 amide bonds. The average Bonchev–Trinajstić information content (AvgIpc) is 3.57. The number of β-lactam (4-membered cyclic amide) rings is 1. The number of thioether (sulfide) groups is 3. The Hall–Kier alpha value is -4.00. The SMILES string of the molecule is O=C(Cc1ccccc1)NC(CS[C@@H]1C(=O)N2C(C(=O)OC(c3ccccc3)c3ccccc3)=CCS[C@@H]12)Sc1cn[nH]n1. The van der Waals surface area contributed by atoms with Gasteiger partial charge in [0.25, 0.3) is 0 Å². The number of carbonyl (C=O) groups is 3. The van der Waals surface area contributed by atoms with Crippen LogP contribution in [0.2, 0.25) is 0 Å². The van der Waals surface area contributed by atoms with E-state index >= 15 is 0 Å². The smallest absolute Gasteiger partial charge is 0.355 e. The van der Waals surface area contributed by atoms with E-state index in [0.717, 1.165) is 16.7 Å². The van der Waals surface area contributed by atoms with Crippen LogP contribution in [-0.4, -0.2) is 65.6 Å². The van der Waals surface area contributed by atoms with Crippen molar-refractivity contribution < 1.29 is 19.1 Å². The topological polar surface area (TPSA) is 117 Å². The number of fused-ring (bicyclic) bond motifs is 1. The fraction of sp³-hybridized carbons (Fsp3) is 0.219. The van der Waals surface area contributed by atoms with Gasteiger partial charge in [0.1, 0.15) is 21.3 Å². The van der Waals surface area contributed by atoms with Gasteiger partial charge in [0.2, 0.25) is 11.8 Å². The Morgan fingerprint density at radius 1 is 1.00 bits per heavy atom. The number of benzene rings is 3. The van der Waals surface area contributed by atoms with Gasteiger partial charge in [0, 0.05) is 11.5 Å². The highest BCUT2D eigenvalue weighted by Gasteiger charge is 2.52. The van der Waals surface area contributed by atoms with E-state index in [0.29, 0.717) is 16.5 Å². The Morgan fingerprint density at radius 2 is 1.66 bits per heavy atom. The predicted molar refractivity (Wildman–Crippen MR) is 173 cm³/mol. The second kappa shape index (κ2) is 14.2. The number of amides is 2. The number of aromatic amines is 1. The van der Waals surface area contributed by atoms with Crippen molar-refractivity contribution in [1.82, 2.24) is 25.6 Å². The number of nitrogens with one attached hydrogen (secondary N) is 2. The molecule has 1 fully saturated rings. The molecule has 3 atom stereocenters. The molecule has 3 heterocycles. The number of rotatable bonds is 12. The van der Waals surface area contributed by atoms with E-state index in [4.69, 9.17) is 4.74 Å². The van der Waals surface area contributed by atoms with Gasteiger partial charge in [0.15, 0.2) is 6.10 Å².